The van der Waals surface area contributed by atoms with Crippen molar-refractivity contribution in [3.63, 3.8) is 0 Å². The largest absolute Gasteiger partial charge is 0.314 e. The van der Waals surface area contributed by atoms with Crippen molar-refractivity contribution >= 4 is 5.78 Å². The molecule has 1 aromatic carbocycles. The lowest BCUT2D eigenvalue weighted by Crippen LogP contribution is -2.35. The molecule has 0 amide bonds. The Labute approximate surface area is 110 Å². The highest BCUT2D eigenvalue weighted by atomic mass is 16.1. The van der Waals surface area contributed by atoms with E-state index < -0.39 is 0 Å². The summed E-state index contributed by atoms with van der Waals surface area (Å²) < 4.78 is 0. The second-order valence-electron chi connectivity index (χ2n) is 5.53. The van der Waals surface area contributed by atoms with Crippen LogP contribution in [0.15, 0.2) is 12.1 Å². The highest BCUT2D eigenvalue weighted by Crippen LogP contribution is 2.19. The molecule has 1 atom stereocenters. The average molecular weight is 245 g/mol. The molecule has 2 nitrogen and oxygen atoms in total. The Balaban J connectivity index is 2.10. The Morgan fingerprint density at radius 3 is 2.56 bits per heavy atom. The normalized spacial score (nSPS) is 19.8. The van der Waals surface area contributed by atoms with Gasteiger partial charge in [0.2, 0.25) is 0 Å². The van der Waals surface area contributed by atoms with Crippen molar-refractivity contribution in [1.29, 1.82) is 0 Å². The Hall–Kier alpha value is -1.15. The number of aryl methyl sites for hydroxylation is 3. The number of rotatable bonds is 3. The highest BCUT2D eigenvalue weighted by Gasteiger charge is 2.18. The molecule has 1 fully saturated rings. The first-order chi connectivity index (χ1) is 8.58. The molecular formula is C16H23NO. The summed E-state index contributed by atoms with van der Waals surface area (Å²) in [5.74, 6) is 0.287. The van der Waals surface area contributed by atoms with Crippen LogP contribution < -0.4 is 5.32 Å². The van der Waals surface area contributed by atoms with Crippen LogP contribution in [0.3, 0.4) is 0 Å². The van der Waals surface area contributed by atoms with Crippen molar-refractivity contribution in [3.8, 4) is 0 Å². The molecule has 2 heteroatoms. The first-order valence-corrected chi connectivity index (χ1v) is 6.92. The molecule has 18 heavy (non-hydrogen) atoms. The van der Waals surface area contributed by atoms with Gasteiger partial charge < -0.3 is 5.32 Å². The van der Waals surface area contributed by atoms with Crippen molar-refractivity contribution in [2.75, 3.05) is 6.54 Å². The lowest BCUT2D eigenvalue weighted by atomic mass is 9.93. The highest BCUT2D eigenvalue weighted by molar-refractivity contribution is 5.98. The third-order valence-corrected chi connectivity index (χ3v) is 3.99. The Morgan fingerprint density at radius 2 is 1.89 bits per heavy atom. The van der Waals surface area contributed by atoms with Crippen molar-refractivity contribution in [1.82, 2.24) is 5.32 Å². The van der Waals surface area contributed by atoms with Gasteiger partial charge in [-0.2, -0.15) is 0 Å². The van der Waals surface area contributed by atoms with Gasteiger partial charge in [-0.3, -0.25) is 4.79 Å². The molecule has 1 aliphatic rings. The molecule has 2 rings (SSSR count). The predicted molar refractivity (Wildman–Crippen MR) is 75.2 cm³/mol. The van der Waals surface area contributed by atoms with Crippen molar-refractivity contribution in [3.05, 3.63) is 34.4 Å². The van der Waals surface area contributed by atoms with E-state index in [0.29, 0.717) is 12.5 Å². The minimum absolute atomic E-state index is 0.287. The molecule has 0 saturated carbocycles. The second kappa shape index (κ2) is 5.66. The van der Waals surface area contributed by atoms with E-state index in [9.17, 15) is 4.79 Å². The zero-order valence-electron chi connectivity index (χ0n) is 11.7. The van der Waals surface area contributed by atoms with Crippen LogP contribution in [0, 0.1) is 20.8 Å². The molecule has 98 valence electrons. The van der Waals surface area contributed by atoms with E-state index in [1.807, 2.05) is 6.92 Å². The van der Waals surface area contributed by atoms with Gasteiger partial charge in [-0.15, -0.1) is 0 Å². The number of ketones is 1. The van der Waals surface area contributed by atoms with Crippen LogP contribution >= 0.6 is 0 Å². The van der Waals surface area contributed by atoms with E-state index in [1.165, 1.54) is 24.0 Å². The van der Waals surface area contributed by atoms with Gasteiger partial charge >= 0.3 is 0 Å². The molecule has 0 radical (unpaired) electrons. The molecule has 0 spiro atoms. The lowest BCUT2D eigenvalue weighted by molar-refractivity contribution is 0.0963. The van der Waals surface area contributed by atoms with Crippen molar-refractivity contribution in [2.24, 2.45) is 0 Å². The van der Waals surface area contributed by atoms with Crippen LogP contribution in [-0.4, -0.2) is 18.4 Å². The topological polar surface area (TPSA) is 29.1 Å². The maximum atomic E-state index is 12.4. The lowest BCUT2D eigenvalue weighted by Gasteiger charge is -2.23. The van der Waals surface area contributed by atoms with Crippen LogP contribution in [0.1, 0.15) is 52.7 Å². The summed E-state index contributed by atoms with van der Waals surface area (Å²) in [5.41, 5.74) is 4.49. The zero-order valence-corrected chi connectivity index (χ0v) is 11.7. The standard InChI is InChI=1S/C16H23NO/c1-11-8-13(3)15(9-12(11)2)16(18)10-14-6-4-5-7-17-14/h8-9,14,17H,4-7,10H2,1-3H3. The number of carbonyl (C=O) groups excluding carboxylic acids is 1. The third-order valence-electron chi connectivity index (χ3n) is 3.99. The van der Waals surface area contributed by atoms with Gasteiger partial charge in [-0.25, -0.2) is 0 Å². The Morgan fingerprint density at radius 1 is 1.17 bits per heavy atom. The molecule has 1 unspecified atom stereocenters. The van der Waals surface area contributed by atoms with E-state index in [1.54, 1.807) is 0 Å². The van der Waals surface area contributed by atoms with E-state index in [2.05, 4.69) is 31.3 Å². The minimum Gasteiger partial charge on any atom is -0.314 e. The monoisotopic (exact) mass is 245 g/mol. The number of hydrogen-bond donors (Lipinski definition) is 1. The summed E-state index contributed by atoms with van der Waals surface area (Å²) in [6, 6.07) is 4.56. The Bertz CT molecular complexity index is 445. The molecule has 1 N–H and O–H groups in total. The fourth-order valence-electron chi connectivity index (χ4n) is 2.69. The first kappa shape index (κ1) is 13.3. The second-order valence-corrected chi connectivity index (χ2v) is 5.53. The number of hydrogen-bond acceptors (Lipinski definition) is 2. The van der Waals surface area contributed by atoms with Crippen LogP contribution in [0.25, 0.3) is 0 Å². The summed E-state index contributed by atoms with van der Waals surface area (Å²) >= 11 is 0. The van der Waals surface area contributed by atoms with Gasteiger partial charge in [-0.05, 0) is 62.9 Å². The first-order valence-electron chi connectivity index (χ1n) is 6.92. The Kier molecular flexibility index (Phi) is 4.18. The number of nitrogens with one attached hydrogen (secondary N) is 1. The number of carbonyl (C=O) groups is 1. The molecule has 0 bridgehead atoms. The maximum absolute atomic E-state index is 12.4. The van der Waals surface area contributed by atoms with Gasteiger partial charge in [0.25, 0.3) is 0 Å². The third kappa shape index (κ3) is 2.99. The van der Waals surface area contributed by atoms with Gasteiger partial charge in [0.1, 0.15) is 0 Å². The zero-order chi connectivity index (χ0) is 13.1. The summed E-state index contributed by atoms with van der Waals surface area (Å²) in [7, 11) is 0. The molecule has 0 aliphatic carbocycles. The molecule has 0 aromatic heterocycles. The summed E-state index contributed by atoms with van der Waals surface area (Å²) in [4.78, 5) is 12.4. The van der Waals surface area contributed by atoms with Crippen LogP contribution in [-0.2, 0) is 0 Å². The van der Waals surface area contributed by atoms with Gasteiger partial charge in [0.15, 0.2) is 5.78 Å². The van der Waals surface area contributed by atoms with Crippen LogP contribution in [0.2, 0.25) is 0 Å². The summed E-state index contributed by atoms with van der Waals surface area (Å²) in [6.45, 7) is 7.27. The fraction of sp³-hybridized carbons (Fsp3) is 0.562. The van der Waals surface area contributed by atoms with E-state index >= 15 is 0 Å². The number of benzene rings is 1. The molecular weight excluding hydrogens is 222 g/mol. The summed E-state index contributed by atoms with van der Waals surface area (Å²) in [5, 5.41) is 3.44. The minimum atomic E-state index is 0.287. The maximum Gasteiger partial charge on any atom is 0.164 e. The average Bonchev–Trinajstić information content (AvgIpc) is 2.35. The van der Waals surface area contributed by atoms with Crippen LogP contribution in [0.4, 0.5) is 0 Å². The summed E-state index contributed by atoms with van der Waals surface area (Å²) in [6.07, 6.45) is 4.27. The molecule has 1 saturated heterocycles. The quantitative estimate of drug-likeness (QED) is 0.828. The van der Waals surface area contributed by atoms with Gasteiger partial charge in [-0.1, -0.05) is 12.5 Å². The van der Waals surface area contributed by atoms with E-state index in [-0.39, 0.29) is 5.78 Å². The fourth-order valence-corrected chi connectivity index (χ4v) is 2.69. The predicted octanol–water partition coefficient (Wildman–Crippen LogP) is 3.33. The van der Waals surface area contributed by atoms with E-state index in [4.69, 9.17) is 0 Å². The SMILES string of the molecule is Cc1cc(C)c(C(=O)CC2CCCCN2)cc1C. The van der Waals surface area contributed by atoms with Crippen molar-refractivity contribution < 1.29 is 4.79 Å². The van der Waals surface area contributed by atoms with Crippen molar-refractivity contribution in [2.45, 2.75) is 52.5 Å². The number of Topliss-reactive ketones (excluding diaryl/α,β-unsaturated/α-hetero) is 1. The number of piperidine rings is 1. The van der Waals surface area contributed by atoms with Crippen LogP contribution in [0.5, 0.6) is 0 Å². The van der Waals surface area contributed by atoms with E-state index in [0.717, 1.165) is 24.1 Å². The smallest absolute Gasteiger partial charge is 0.164 e. The molecule has 1 heterocycles. The van der Waals surface area contributed by atoms with Gasteiger partial charge in [0, 0.05) is 18.0 Å². The molecule has 1 aliphatic heterocycles. The molecule has 1 aromatic rings. The van der Waals surface area contributed by atoms with Gasteiger partial charge in [0.05, 0.1) is 0 Å².